The van der Waals surface area contributed by atoms with E-state index in [1.807, 2.05) is 42.5 Å². The fourth-order valence-corrected chi connectivity index (χ4v) is 3.11. The van der Waals surface area contributed by atoms with Gasteiger partial charge in [-0.2, -0.15) is 0 Å². The molecule has 0 saturated carbocycles. The molecule has 1 aliphatic heterocycles. The van der Waals surface area contributed by atoms with Crippen LogP contribution in [0, 0.1) is 0 Å². The Balaban J connectivity index is 1.57. The van der Waals surface area contributed by atoms with Crippen molar-refractivity contribution in [2.45, 2.75) is 20.0 Å². The Morgan fingerprint density at radius 1 is 0.846 bits per heavy atom. The molecule has 1 heterocycles. The second kappa shape index (κ2) is 8.04. The zero-order valence-corrected chi connectivity index (χ0v) is 15.2. The smallest absolute Gasteiger partial charge is 0.263 e. The largest absolute Gasteiger partial charge is 0.481 e. The summed E-state index contributed by atoms with van der Waals surface area (Å²) in [6.45, 7) is 5.60. The van der Waals surface area contributed by atoms with E-state index in [9.17, 15) is 9.59 Å². The Hall–Kier alpha value is -2.82. The molecule has 0 radical (unpaired) electrons. The van der Waals surface area contributed by atoms with E-state index in [1.165, 1.54) is 0 Å². The van der Waals surface area contributed by atoms with Crippen LogP contribution in [0.25, 0.3) is 11.1 Å². The van der Waals surface area contributed by atoms with Crippen molar-refractivity contribution in [1.82, 2.24) is 9.80 Å². The standard InChI is InChI=1S/C21H24N2O3/c1-16(21(25)23-14-12-22(13-15-23)17(2)24)26-20-10-8-19(9-11-20)18-6-4-3-5-7-18/h3-11,16H,12-15H2,1-2H3. The zero-order chi connectivity index (χ0) is 18.5. The lowest BCUT2D eigenvalue weighted by atomic mass is 10.1. The van der Waals surface area contributed by atoms with Gasteiger partial charge in [0.25, 0.3) is 5.91 Å². The molecule has 0 bridgehead atoms. The summed E-state index contributed by atoms with van der Waals surface area (Å²) < 4.78 is 5.82. The highest BCUT2D eigenvalue weighted by Crippen LogP contribution is 2.23. The average molecular weight is 352 g/mol. The van der Waals surface area contributed by atoms with Crippen molar-refractivity contribution in [2.24, 2.45) is 0 Å². The number of rotatable bonds is 4. The molecule has 1 atom stereocenters. The highest BCUT2D eigenvalue weighted by Gasteiger charge is 2.26. The van der Waals surface area contributed by atoms with Gasteiger partial charge in [0, 0.05) is 33.1 Å². The number of nitrogens with zero attached hydrogens (tertiary/aromatic N) is 2. The van der Waals surface area contributed by atoms with Crippen LogP contribution in [-0.4, -0.2) is 53.9 Å². The number of benzene rings is 2. The van der Waals surface area contributed by atoms with Crippen molar-refractivity contribution < 1.29 is 14.3 Å². The molecule has 0 N–H and O–H groups in total. The second-order valence-corrected chi connectivity index (χ2v) is 6.48. The van der Waals surface area contributed by atoms with Gasteiger partial charge in [0.15, 0.2) is 6.10 Å². The summed E-state index contributed by atoms with van der Waals surface area (Å²) in [5.41, 5.74) is 2.25. The van der Waals surface area contributed by atoms with Gasteiger partial charge in [0.2, 0.25) is 5.91 Å². The van der Waals surface area contributed by atoms with Crippen molar-refractivity contribution in [1.29, 1.82) is 0 Å². The van der Waals surface area contributed by atoms with Gasteiger partial charge in [-0.3, -0.25) is 9.59 Å². The van der Waals surface area contributed by atoms with Crippen LogP contribution >= 0.6 is 0 Å². The molecule has 26 heavy (non-hydrogen) atoms. The third-order valence-corrected chi connectivity index (χ3v) is 4.66. The van der Waals surface area contributed by atoms with Crippen LogP contribution in [0.1, 0.15) is 13.8 Å². The van der Waals surface area contributed by atoms with Gasteiger partial charge in [-0.25, -0.2) is 0 Å². The molecule has 136 valence electrons. The molecule has 5 nitrogen and oxygen atoms in total. The van der Waals surface area contributed by atoms with Crippen LogP contribution in [0.15, 0.2) is 54.6 Å². The molecular formula is C21H24N2O3. The van der Waals surface area contributed by atoms with Crippen LogP contribution in [0.5, 0.6) is 5.75 Å². The number of piperazine rings is 1. The summed E-state index contributed by atoms with van der Waals surface area (Å²) in [6.07, 6.45) is -0.554. The summed E-state index contributed by atoms with van der Waals surface area (Å²) in [4.78, 5) is 27.5. The Labute approximate surface area is 154 Å². The summed E-state index contributed by atoms with van der Waals surface area (Å²) >= 11 is 0. The Kier molecular flexibility index (Phi) is 5.56. The molecule has 0 spiro atoms. The lowest BCUT2D eigenvalue weighted by Gasteiger charge is -2.35. The van der Waals surface area contributed by atoms with Gasteiger partial charge in [0.05, 0.1) is 0 Å². The molecule has 0 aliphatic carbocycles. The van der Waals surface area contributed by atoms with E-state index >= 15 is 0 Å². The molecule has 5 heteroatoms. The molecule has 3 rings (SSSR count). The third kappa shape index (κ3) is 4.23. The van der Waals surface area contributed by atoms with Crippen LogP contribution in [-0.2, 0) is 9.59 Å². The maximum absolute atomic E-state index is 12.6. The summed E-state index contributed by atoms with van der Waals surface area (Å²) in [7, 11) is 0. The van der Waals surface area contributed by atoms with Crippen molar-refractivity contribution in [2.75, 3.05) is 26.2 Å². The van der Waals surface area contributed by atoms with Gasteiger partial charge in [-0.1, -0.05) is 42.5 Å². The van der Waals surface area contributed by atoms with E-state index in [1.54, 1.807) is 23.6 Å². The molecule has 2 aromatic rings. The SMILES string of the molecule is CC(=O)N1CCN(C(=O)C(C)Oc2ccc(-c3ccccc3)cc2)CC1. The topological polar surface area (TPSA) is 49.9 Å². The molecule has 2 aromatic carbocycles. The summed E-state index contributed by atoms with van der Waals surface area (Å²) in [5, 5.41) is 0. The highest BCUT2D eigenvalue weighted by molar-refractivity contribution is 5.81. The van der Waals surface area contributed by atoms with Crippen molar-refractivity contribution in [3.63, 3.8) is 0 Å². The molecular weight excluding hydrogens is 328 g/mol. The number of hydrogen-bond acceptors (Lipinski definition) is 3. The molecule has 1 unspecified atom stereocenters. The van der Waals surface area contributed by atoms with E-state index in [-0.39, 0.29) is 11.8 Å². The second-order valence-electron chi connectivity index (χ2n) is 6.48. The minimum absolute atomic E-state index is 0.0414. The van der Waals surface area contributed by atoms with E-state index in [0.29, 0.717) is 31.9 Å². The van der Waals surface area contributed by atoms with Crippen LogP contribution in [0.2, 0.25) is 0 Å². The van der Waals surface area contributed by atoms with Crippen molar-refractivity contribution in [3.05, 3.63) is 54.6 Å². The number of ether oxygens (including phenoxy) is 1. The van der Waals surface area contributed by atoms with Crippen LogP contribution < -0.4 is 4.74 Å². The van der Waals surface area contributed by atoms with Gasteiger partial charge in [-0.15, -0.1) is 0 Å². The quantitative estimate of drug-likeness (QED) is 0.850. The Morgan fingerprint density at radius 3 is 1.96 bits per heavy atom. The first-order chi connectivity index (χ1) is 12.5. The molecule has 1 aliphatic rings. The van der Waals surface area contributed by atoms with Gasteiger partial charge in [0.1, 0.15) is 5.75 Å². The first-order valence-electron chi connectivity index (χ1n) is 8.91. The minimum atomic E-state index is -0.554. The molecule has 2 amide bonds. The first-order valence-corrected chi connectivity index (χ1v) is 8.91. The molecule has 1 fully saturated rings. The lowest BCUT2D eigenvalue weighted by Crippen LogP contribution is -2.52. The van der Waals surface area contributed by atoms with E-state index in [4.69, 9.17) is 4.74 Å². The first kappa shape index (κ1) is 18.0. The number of hydrogen-bond donors (Lipinski definition) is 0. The molecule has 1 saturated heterocycles. The van der Waals surface area contributed by atoms with Gasteiger partial charge >= 0.3 is 0 Å². The number of carbonyl (C=O) groups is 2. The zero-order valence-electron chi connectivity index (χ0n) is 15.2. The third-order valence-electron chi connectivity index (χ3n) is 4.66. The predicted molar refractivity (Wildman–Crippen MR) is 101 cm³/mol. The van der Waals surface area contributed by atoms with Crippen LogP contribution in [0.4, 0.5) is 0 Å². The van der Waals surface area contributed by atoms with Crippen molar-refractivity contribution >= 4 is 11.8 Å². The summed E-state index contributed by atoms with van der Waals surface area (Å²) in [6, 6.07) is 17.9. The average Bonchev–Trinajstić information content (AvgIpc) is 2.68. The molecule has 0 aromatic heterocycles. The monoisotopic (exact) mass is 352 g/mol. The number of carbonyl (C=O) groups excluding carboxylic acids is 2. The normalized spacial score (nSPS) is 15.5. The van der Waals surface area contributed by atoms with Crippen LogP contribution in [0.3, 0.4) is 0 Å². The van der Waals surface area contributed by atoms with Crippen molar-refractivity contribution in [3.8, 4) is 16.9 Å². The Bertz CT molecular complexity index is 751. The summed E-state index contributed by atoms with van der Waals surface area (Å²) in [5.74, 6) is 0.688. The van der Waals surface area contributed by atoms with E-state index in [2.05, 4.69) is 12.1 Å². The van der Waals surface area contributed by atoms with E-state index in [0.717, 1.165) is 11.1 Å². The predicted octanol–water partition coefficient (Wildman–Crippen LogP) is 2.81. The number of amides is 2. The highest BCUT2D eigenvalue weighted by atomic mass is 16.5. The van der Waals surface area contributed by atoms with Gasteiger partial charge in [-0.05, 0) is 30.2 Å². The fraction of sp³-hybridized carbons (Fsp3) is 0.333. The maximum atomic E-state index is 12.6. The van der Waals surface area contributed by atoms with Gasteiger partial charge < -0.3 is 14.5 Å². The van der Waals surface area contributed by atoms with E-state index < -0.39 is 6.10 Å². The lowest BCUT2D eigenvalue weighted by molar-refractivity contribution is -0.143. The minimum Gasteiger partial charge on any atom is -0.481 e. The Morgan fingerprint density at radius 2 is 1.38 bits per heavy atom. The fourth-order valence-electron chi connectivity index (χ4n) is 3.11. The maximum Gasteiger partial charge on any atom is 0.263 e.